The molecule has 0 spiro atoms. The number of aryl methyl sites for hydroxylation is 2. The third kappa shape index (κ3) is 5.88. The predicted molar refractivity (Wildman–Crippen MR) is 119 cm³/mol. The molecule has 1 unspecified atom stereocenters. The summed E-state index contributed by atoms with van der Waals surface area (Å²) in [6, 6.07) is 8.45. The number of amides is 1. The Hall–Kier alpha value is -2.81. The van der Waals surface area contributed by atoms with Gasteiger partial charge in [-0.05, 0) is 68.6 Å². The van der Waals surface area contributed by atoms with Crippen LogP contribution in [0.15, 0.2) is 30.0 Å². The van der Waals surface area contributed by atoms with E-state index in [4.69, 9.17) is 4.74 Å². The number of ether oxygens (including phenoxy) is 1. The van der Waals surface area contributed by atoms with Crippen LogP contribution in [-0.2, 0) is 27.2 Å². The second-order valence-corrected chi connectivity index (χ2v) is 8.39. The van der Waals surface area contributed by atoms with Gasteiger partial charge in [-0.2, -0.15) is 5.26 Å². The van der Waals surface area contributed by atoms with Gasteiger partial charge in [-0.3, -0.25) is 9.59 Å². The summed E-state index contributed by atoms with van der Waals surface area (Å²) in [6.07, 6.45) is 8.42. The first kappa shape index (κ1) is 22.9. The zero-order valence-corrected chi connectivity index (χ0v) is 18.7. The van der Waals surface area contributed by atoms with E-state index in [0.717, 1.165) is 24.8 Å². The first-order valence-corrected chi connectivity index (χ1v) is 11.5. The smallest absolute Gasteiger partial charge is 0.309 e. The van der Waals surface area contributed by atoms with Crippen LogP contribution in [-0.4, -0.2) is 36.5 Å². The molecule has 2 aliphatic rings. The van der Waals surface area contributed by atoms with Crippen LogP contribution in [0.1, 0.15) is 68.7 Å². The summed E-state index contributed by atoms with van der Waals surface area (Å²) in [5.41, 5.74) is 4.01. The number of likely N-dealkylation sites (tertiary alicyclic amines) is 1. The Morgan fingerprint density at radius 3 is 2.58 bits per heavy atom. The SMILES string of the molecule is CCOC(=O)C1CCN(/C=C(/C#N)C(=O)NC(CC)c2ccc3c(c2)CCCC3)CC1. The Labute approximate surface area is 185 Å². The molecule has 0 aromatic heterocycles. The van der Waals surface area contributed by atoms with Gasteiger partial charge in [0.2, 0.25) is 0 Å². The van der Waals surface area contributed by atoms with Crippen molar-refractivity contribution in [1.29, 1.82) is 5.26 Å². The molecule has 1 aromatic rings. The molecule has 1 atom stereocenters. The summed E-state index contributed by atoms with van der Waals surface area (Å²) >= 11 is 0. The molecular weight excluding hydrogens is 390 g/mol. The minimum atomic E-state index is -0.348. The highest BCUT2D eigenvalue weighted by Crippen LogP contribution is 2.26. The Kier molecular flexibility index (Phi) is 8.11. The summed E-state index contributed by atoms with van der Waals surface area (Å²) in [5.74, 6) is -0.600. The Morgan fingerprint density at radius 1 is 1.23 bits per heavy atom. The van der Waals surface area contributed by atoms with E-state index in [1.54, 1.807) is 13.1 Å². The number of carbonyl (C=O) groups excluding carboxylic acids is 2. The van der Waals surface area contributed by atoms with Crippen molar-refractivity contribution < 1.29 is 14.3 Å². The summed E-state index contributed by atoms with van der Waals surface area (Å²) < 4.78 is 5.10. The molecule has 0 saturated carbocycles. The molecule has 1 aromatic carbocycles. The van der Waals surface area contributed by atoms with E-state index in [-0.39, 0.29) is 29.4 Å². The van der Waals surface area contributed by atoms with Crippen LogP contribution in [0.5, 0.6) is 0 Å². The number of rotatable bonds is 7. The van der Waals surface area contributed by atoms with E-state index >= 15 is 0 Å². The van der Waals surface area contributed by atoms with Crippen molar-refractivity contribution in [3.63, 3.8) is 0 Å². The maximum Gasteiger partial charge on any atom is 0.309 e. The molecule has 1 fully saturated rings. The van der Waals surface area contributed by atoms with E-state index in [1.807, 2.05) is 11.8 Å². The maximum absolute atomic E-state index is 12.8. The maximum atomic E-state index is 12.8. The lowest BCUT2D eigenvalue weighted by atomic mass is 9.88. The number of esters is 1. The molecule has 6 nitrogen and oxygen atoms in total. The van der Waals surface area contributed by atoms with Gasteiger partial charge in [-0.25, -0.2) is 0 Å². The average Bonchev–Trinajstić information content (AvgIpc) is 2.81. The molecule has 3 rings (SSSR count). The van der Waals surface area contributed by atoms with Crippen molar-refractivity contribution in [1.82, 2.24) is 10.2 Å². The monoisotopic (exact) mass is 423 g/mol. The van der Waals surface area contributed by atoms with Crippen molar-refractivity contribution >= 4 is 11.9 Å². The van der Waals surface area contributed by atoms with Gasteiger partial charge < -0.3 is 15.0 Å². The molecule has 31 heavy (non-hydrogen) atoms. The second-order valence-electron chi connectivity index (χ2n) is 8.39. The largest absolute Gasteiger partial charge is 0.466 e. The molecule has 1 heterocycles. The van der Waals surface area contributed by atoms with Crippen LogP contribution in [0, 0.1) is 17.2 Å². The number of nitrogens with zero attached hydrogens (tertiary/aromatic N) is 2. The second kappa shape index (κ2) is 11.0. The number of piperidine rings is 1. The first-order valence-electron chi connectivity index (χ1n) is 11.5. The van der Waals surface area contributed by atoms with Crippen molar-refractivity contribution in [2.24, 2.45) is 5.92 Å². The number of benzene rings is 1. The summed E-state index contributed by atoms with van der Waals surface area (Å²) in [5, 5.41) is 12.6. The van der Waals surface area contributed by atoms with Crippen LogP contribution < -0.4 is 5.32 Å². The lowest BCUT2D eigenvalue weighted by molar-refractivity contribution is -0.149. The molecule has 6 heteroatoms. The molecular formula is C25H33N3O3. The molecule has 1 aliphatic heterocycles. The van der Waals surface area contributed by atoms with Crippen LogP contribution in [0.2, 0.25) is 0 Å². The van der Waals surface area contributed by atoms with Gasteiger partial charge in [0, 0.05) is 19.3 Å². The first-order chi connectivity index (χ1) is 15.0. The molecule has 1 N–H and O–H groups in total. The van der Waals surface area contributed by atoms with Crippen LogP contribution in [0.4, 0.5) is 0 Å². The Balaban J connectivity index is 1.62. The van der Waals surface area contributed by atoms with Crippen LogP contribution in [0.3, 0.4) is 0 Å². The van der Waals surface area contributed by atoms with E-state index in [9.17, 15) is 14.9 Å². The lowest BCUT2D eigenvalue weighted by Gasteiger charge is -2.30. The zero-order chi connectivity index (χ0) is 22.2. The van der Waals surface area contributed by atoms with E-state index < -0.39 is 0 Å². The lowest BCUT2D eigenvalue weighted by Crippen LogP contribution is -2.35. The van der Waals surface area contributed by atoms with E-state index in [2.05, 4.69) is 29.6 Å². The van der Waals surface area contributed by atoms with Crippen molar-refractivity contribution in [2.75, 3.05) is 19.7 Å². The van der Waals surface area contributed by atoms with E-state index in [0.29, 0.717) is 32.5 Å². The van der Waals surface area contributed by atoms with Gasteiger partial charge in [0.1, 0.15) is 11.6 Å². The predicted octanol–water partition coefficient (Wildman–Crippen LogP) is 3.82. The normalized spacial score (nSPS) is 18.0. The molecule has 0 radical (unpaired) electrons. The molecule has 0 bridgehead atoms. The highest BCUT2D eigenvalue weighted by molar-refractivity contribution is 5.97. The fourth-order valence-corrected chi connectivity index (χ4v) is 4.47. The molecule has 1 saturated heterocycles. The Bertz CT molecular complexity index is 863. The number of nitrogens with one attached hydrogen (secondary N) is 1. The van der Waals surface area contributed by atoms with Gasteiger partial charge in [0.15, 0.2) is 0 Å². The van der Waals surface area contributed by atoms with Gasteiger partial charge >= 0.3 is 5.97 Å². The molecule has 1 aliphatic carbocycles. The van der Waals surface area contributed by atoms with Crippen molar-refractivity contribution in [3.8, 4) is 6.07 Å². The van der Waals surface area contributed by atoms with Gasteiger partial charge in [-0.15, -0.1) is 0 Å². The quantitative estimate of drug-likeness (QED) is 0.410. The third-order valence-corrected chi connectivity index (χ3v) is 6.31. The fraction of sp³-hybridized carbons (Fsp3) is 0.560. The fourth-order valence-electron chi connectivity index (χ4n) is 4.47. The highest BCUT2D eigenvalue weighted by Gasteiger charge is 2.26. The zero-order valence-electron chi connectivity index (χ0n) is 18.7. The molecule has 166 valence electrons. The average molecular weight is 424 g/mol. The number of hydrogen-bond acceptors (Lipinski definition) is 5. The van der Waals surface area contributed by atoms with Crippen LogP contribution in [0.25, 0.3) is 0 Å². The standard InChI is InChI=1S/C25H33N3O3/c1-3-23(21-10-9-18-7-5-6-8-20(18)15-21)27-24(29)22(16-26)17-28-13-11-19(12-14-28)25(30)31-4-2/h9-10,15,17,19,23H,3-8,11-14H2,1-2H3,(H,27,29)/b22-17-. The third-order valence-electron chi connectivity index (χ3n) is 6.31. The van der Waals surface area contributed by atoms with Crippen molar-refractivity contribution in [2.45, 2.75) is 64.8 Å². The molecule has 1 amide bonds. The summed E-state index contributed by atoms with van der Waals surface area (Å²) in [7, 11) is 0. The Morgan fingerprint density at radius 2 is 1.94 bits per heavy atom. The number of fused-ring (bicyclic) bond motifs is 1. The topological polar surface area (TPSA) is 82.4 Å². The number of hydrogen-bond donors (Lipinski definition) is 1. The van der Waals surface area contributed by atoms with Gasteiger partial charge in [0.05, 0.1) is 18.6 Å². The minimum absolute atomic E-state index is 0.0996. The van der Waals surface area contributed by atoms with E-state index in [1.165, 1.54) is 24.0 Å². The highest BCUT2D eigenvalue weighted by atomic mass is 16.5. The van der Waals surface area contributed by atoms with Gasteiger partial charge in [-0.1, -0.05) is 25.1 Å². The van der Waals surface area contributed by atoms with Crippen molar-refractivity contribution in [3.05, 3.63) is 46.7 Å². The number of carbonyl (C=O) groups is 2. The minimum Gasteiger partial charge on any atom is -0.466 e. The van der Waals surface area contributed by atoms with Crippen LogP contribution >= 0.6 is 0 Å². The van der Waals surface area contributed by atoms with Gasteiger partial charge in [0.25, 0.3) is 5.91 Å². The number of nitriles is 1. The summed E-state index contributed by atoms with van der Waals surface area (Å²) in [4.78, 5) is 26.7. The summed E-state index contributed by atoms with van der Waals surface area (Å²) in [6.45, 7) is 5.50.